The Kier molecular flexibility index (Phi) is 6.01. The molecule has 17 heavy (non-hydrogen) atoms. The summed E-state index contributed by atoms with van der Waals surface area (Å²) in [5.41, 5.74) is 8.55. The van der Waals surface area contributed by atoms with Crippen molar-refractivity contribution in [2.45, 2.75) is 32.7 Å². The highest BCUT2D eigenvalue weighted by molar-refractivity contribution is 5.54. The number of hydrogen-bond donors (Lipinski definition) is 2. The van der Waals surface area contributed by atoms with E-state index < -0.39 is 0 Å². The Labute approximate surface area is 104 Å². The maximum atomic E-state index is 8.93. The third kappa shape index (κ3) is 3.72. The molecule has 0 saturated heterocycles. The average Bonchev–Trinajstić information content (AvgIpc) is 2.39. The molecule has 0 radical (unpaired) electrons. The fraction of sp³-hybridized carbons (Fsp3) is 0.571. The molecule has 0 amide bonds. The van der Waals surface area contributed by atoms with Crippen molar-refractivity contribution in [3.8, 4) is 0 Å². The number of aliphatic hydroxyl groups is 1. The summed E-state index contributed by atoms with van der Waals surface area (Å²) in [6.45, 7) is 6.28. The van der Waals surface area contributed by atoms with Crippen LogP contribution in [0.4, 0.5) is 5.69 Å². The molecule has 0 fully saturated rings. The summed E-state index contributed by atoms with van der Waals surface area (Å²) in [5.74, 6) is 0. The van der Waals surface area contributed by atoms with E-state index in [2.05, 4.69) is 30.9 Å². The van der Waals surface area contributed by atoms with Crippen molar-refractivity contribution in [3.63, 3.8) is 0 Å². The maximum absolute atomic E-state index is 8.93. The third-order valence-corrected chi connectivity index (χ3v) is 3.08. The molecule has 0 saturated carbocycles. The number of nitrogens with two attached hydrogens (primary N) is 1. The number of rotatable bonds is 7. The molecule has 0 bridgehead atoms. The molecule has 1 aromatic carbocycles. The Morgan fingerprint density at radius 3 is 2.59 bits per heavy atom. The predicted octanol–water partition coefficient (Wildman–Crippen LogP) is 2.31. The Balaban J connectivity index is 2.93. The summed E-state index contributed by atoms with van der Waals surface area (Å²) in [7, 11) is 0. The van der Waals surface area contributed by atoms with Crippen molar-refractivity contribution in [1.29, 1.82) is 0 Å². The van der Waals surface area contributed by atoms with Gasteiger partial charge in [0.15, 0.2) is 0 Å². The summed E-state index contributed by atoms with van der Waals surface area (Å²) < 4.78 is 0. The zero-order valence-corrected chi connectivity index (χ0v) is 10.9. The monoisotopic (exact) mass is 236 g/mol. The van der Waals surface area contributed by atoms with E-state index in [4.69, 9.17) is 10.8 Å². The molecule has 1 aromatic rings. The SMILES string of the molecule is CC[C@H](N)c1ccccc1N(CC)CCCO. The van der Waals surface area contributed by atoms with Gasteiger partial charge in [0.25, 0.3) is 0 Å². The van der Waals surface area contributed by atoms with Gasteiger partial charge < -0.3 is 15.7 Å². The zero-order valence-electron chi connectivity index (χ0n) is 10.9. The largest absolute Gasteiger partial charge is 0.396 e. The van der Waals surface area contributed by atoms with Crippen LogP contribution in [0.15, 0.2) is 24.3 Å². The number of nitrogens with zero attached hydrogens (tertiary/aromatic N) is 1. The van der Waals surface area contributed by atoms with E-state index in [1.165, 1.54) is 11.3 Å². The Morgan fingerprint density at radius 2 is 2.00 bits per heavy atom. The van der Waals surface area contributed by atoms with Crippen LogP contribution in [0.25, 0.3) is 0 Å². The van der Waals surface area contributed by atoms with Crippen LogP contribution in [0.5, 0.6) is 0 Å². The van der Waals surface area contributed by atoms with E-state index >= 15 is 0 Å². The molecule has 3 heteroatoms. The average molecular weight is 236 g/mol. The molecular weight excluding hydrogens is 212 g/mol. The molecule has 1 atom stereocenters. The minimum absolute atomic E-state index is 0.0920. The Bertz CT molecular complexity index is 328. The third-order valence-electron chi connectivity index (χ3n) is 3.08. The second-order valence-electron chi connectivity index (χ2n) is 4.23. The molecule has 3 nitrogen and oxygen atoms in total. The van der Waals surface area contributed by atoms with Crippen LogP contribution in [0.1, 0.15) is 38.3 Å². The van der Waals surface area contributed by atoms with E-state index in [1.807, 2.05) is 12.1 Å². The highest BCUT2D eigenvalue weighted by Crippen LogP contribution is 2.26. The molecule has 0 unspecified atom stereocenters. The van der Waals surface area contributed by atoms with Crippen molar-refractivity contribution < 1.29 is 5.11 Å². The molecule has 0 spiro atoms. The highest BCUT2D eigenvalue weighted by Gasteiger charge is 2.13. The van der Waals surface area contributed by atoms with Crippen molar-refractivity contribution in [2.24, 2.45) is 5.73 Å². The van der Waals surface area contributed by atoms with Gasteiger partial charge in [0, 0.05) is 31.4 Å². The van der Waals surface area contributed by atoms with Crippen LogP contribution < -0.4 is 10.6 Å². The minimum Gasteiger partial charge on any atom is -0.396 e. The summed E-state index contributed by atoms with van der Waals surface area (Å²) in [4.78, 5) is 2.28. The van der Waals surface area contributed by atoms with Gasteiger partial charge in [0.05, 0.1) is 0 Å². The second kappa shape index (κ2) is 7.30. The highest BCUT2D eigenvalue weighted by atomic mass is 16.3. The van der Waals surface area contributed by atoms with E-state index in [1.54, 1.807) is 0 Å². The number of benzene rings is 1. The molecular formula is C14H24N2O. The lowest BCUT2D eigenvalue weighted by Gasteiger charge is -2.27. The van der Waals surface area contributed by atoms with Crippen molar-refractivity contribution in [3.05, 3.63) is 29.8 Å². The van der Waals surface area contributed by atoms with Gasteiger partial charge >= 0.3 is 0 Å². The van der Waals surface area contributed by atoms with Gasteiger partial charge in [-0.05, 0) is 31.4 Å². The quantitative estimate of drug-likeness (QED) is 0.763. The van der Waals surface area contributed by atoms with Gasteiger partial charge in [0.2, 0.25) is 0 Å². The van der Waals surface area contributed by atoms with Gasteiger partial charge in [-0.1, -0.05) is 25.1 Å². The molecule has 96 valence electrons. The van der Waals surface area contributed by atoms with Crippen LogP contribution in [0.3, 0.4) is 0 Å². The molecule has 1 rings (SSSR count). The molecule has 0 aliphatic heterocycles. The lowest BCUT2D eigenvalue weighted by atomic mass is 10.0. The molecule has 0 aromatic heterocycles. The van der Waals surface area contributed by atoms with E-state index in [9.17, 15) is 0 Å². The van der Waals surface area contributed by atoms with Crippen molar-refractivity contribution in [2.75, 3.05) is 24.6 Å². The topological polar surface area (TPSA) is 49.5 Å². The molecule has 3 N–H and O–H groups in total. The first-order valence-corrected chi connectivity index (χ1v) is 6.44. The summed E-state index contributed by atoms with van der Waals surface area (Å²) in [6.07, 6.45) is 1.73. The standard InChI is InChI=1S/C14H24N2O/c1-3-13(15)12-8-5-6-9-14(12)16(4-2)10-7-11-17/h5-6,8-9,13,17H,3-4,7,10-11,15H2,1-2H3/t13-/m0/s1. The Morgan fingerprint density at radius 1 is 1.29 bits per heavy atom. The van der Waals surface area contributed by atoms with Gasteiger partial charge in [0.1, 0.15) is 0 Å². The van der Waals surface area contributed by atoms with Gasteiger partial charge in [-0.2, -0.15) is 0 Å². The van der Waals surface area contributed by atoms with Crippen LogP contribution >= 0.6 is 0 Å². The van der Waals surface area contributed by atoms with Crippen LogP contribution in [-0.4, -0.2) is 24.8 Å². The maximum Gasteiger partial charge on any atom is 0.0447 e. The van der Waals surface area contributed by atoms with E-state index in [0.29, 0.717) is 0 Å². The van der Waals surface area contributed by atoms with Crippen molar-refractivity contribution >= 4 is 5.69 Å². The lowest BCUT2D eigenvalue weighted by molar-refractivity contribution is 0.289. The Hall–Kier alpha value is -1.06. The first-order chi connectivity index (χ1) is 8.24. The van der Waals surface area contributed by atoms with Crippen LogP contribution in [-0.2, 0) is 0 Å². The van der Waals surface area contributed by atoms with Crippen LogP contribution in [0, 0.1) is 0 Å². The molecule has 0 aliphatic carbocycles. The number of anilines is 1. The predicted molar refractivity (Wildman–Crippen MR) is 73.3 cm³/mol. The number of aliphatic hydroxyl groups excluding tert-OH is 1. The zero-order chi connectivity index (χ0) is 12.7. The van der Waals surface area contributed by atoms with Crippen LogP contribution in [0.2, 0.25) is 0 Å². The first kappa shape index (κ1) is 14.0. The smallest absolute Gasteiger partial charge is 0.0447 e. The second-order valence-corrected chi connectivity index (χ2v) is 4.23. The normalized spacial score (nSPS) is 12.5. The minimum atomic E-state index is 0.0920. The number of hydrogen-bond acceptors (Lipinski definition) is 3. The fourth-order valence-electron chi connectivity index (χ4n) is 2.02. The lowest BCUT2D eigenvalue weighted by Crippen LogP contribution is -2.27. The van der Waals surface area contributed by atoms with E-state index in [0.717, 1.165) is 25.9 Å². The summed E-state index contributed by atoms with van der Waals surface area (Å²) in [5, 5.41) is 8.93. The van der Waals surface area contributed by atoms with Gasteiger partial charge in [-0.25, -0.2) is 0 Å². The first-order valence-electron chi connectivity index (χ1n) is 6.44. The summed E-state index contributed by atoms with van der Waals surface area (Å²) >= 11 is 0. The number of para-hydroxylation sites is 1. The molecule has 0 aliphatic rings. The van der Waals surface area contributed by atoms with E-state index in [-0.39, 0.29) is 12.6 Å². The van der Waals surface area contributed by atoms with Crippen molar-refractivity contribution in [1.82, 2.24) is 0 Å². The van der Waals surface area contributed by atoms with Gasteiger partial charge in [-0.15, -0.1) is 0 Å². The van der Waals surface area contributed by atoms with Gasteiger partial charge in [-0.3, -0.25) is 0 Å². The molecule has 0 heterocycles. The fourth-order valence-corrected chi connectivity index (χ4v) is 2.02. The summed E-state index contributed by atoms with van der Waals surface area (Å²) in [6, 6.07) is 8.39.